The van der Waals surface area contributed by atoms with Crippen LogP contribution in [-0.2, 0) is 9.47 Å². The molecule has 138 valence electrons. The lowest BCUT2D eigenvalue weighted by Gasteiger charge is -2.07. The van der Waals surface area contributed by atoms with Crippen molar-refractivity contribution in [2.45, 2.75) is 20.8 Å². The molecule has 0 aromatic carbocycles. The molecule has 2 heterocycles. The number of aromatic nitrogens is 2. The van der Waals surface area contributed by atoms with Crippen LogP contribution in [0.3, 0.4) is 0 Å². The molecular weight excluding hydrogens is 383 g/mol. The van der Waals surface area contributed by atoms with E-state index in [1.54, 1.807) is 20.8 Å². The molecule has 0 aliphatic rings. The fourth-order valence-corrected chi connectivity index (χ4v) is 2.75. The van der Waals surface area contributed by atoms with Gasteiger partial charge in [-0.05, 0) is 32.9 Å². The van der Waals surface area contributed by atoms with Crippen LogP contribution in [0, 0.1) is 13.8 Å². The van der Waals surface area contributed by atoms with Gasteiger partial charge in [0.15, 0.2) is 12.3 Å². The number of H-pyrrole nitrogens is 1. The Morgan fingerprint density at radius 2 is 1.69 bits per heavy atom. The van der Waals surface area contributed by atoms with Crippen molar-refractivity contribution in [3.05, 3.63) is 50.5 Å². The van der Waals surface area contributed by atoms with Crippen LogP contribution in [0.1, 0.15) is 49.5 Å². The van der Waals surface area contributed by atoms with E-state index in [0.29, 0.717) is 11.4 Å². The number of hydrogen-bond donors (Lipinski definition) is 1. The molecule has 0 aliphatic carbocycles. The summed E-state index contributed by atoms with van der Waals surface area (Å²) in [6, 6.07) is 2.82. The molecule has 0 radical (unpaired) electrons. The SMILES string of the molecule is CCOC(=O)c1c(C)[nH]c(C)c1C(=O)COC(=O)c1nc(Cl)ccc1Cl. The molecule has 0 atom stereocenters. The van der Waals surface area contributed by atoms with Crippen LogP contribution in [0.5, 0.6) is 0 Å². The lowest BCUT2D eigenvalue weighted by atomic mass is 10.1. The third-order valence-corrected chi connectivity index (χ3v) is 3.99. The van der Waals surface area contributed by atoms with Crippen molar-refractivity contribution < 1.29 is 23.9 Å². The minimum absolute atomic E-state index is 0.0488. The van der Waals surface area contributed by atoms with Gasteiger partial charge in [-0.1, -0.05) is 23.2 Å². The molecule has 1 N–H and O–H groups in total. The molecule has 0 saturated heterocycles. The van der Waals surface area contributed by atoms with Crippen molar-refractivity contribution in [1.82, 2.24) is 9.97 Å². The van der Waals surface area contributed by atoms with Crippen molar-refractivity contribution in [3.63, 3.8) is 0 Å². The van der Waals surface area contributed by atoms with Gasteiger partial charge in [0, 0.05) is 11.4 Å². The molecular formula is C17H16Cl2N2O5. The summed E-state index contributed by atoms with van der Waals surface area (Å²) in [5, 5.41) is 0.113. The van der Waals surface area contributed by atoms with Crippen molar-refractivity contribution >= 4 is 40.9 Å². The summed E-state index contributed by atoms with van der Waals surface area (Å²) in [5.41, 5.74) is 1.03. The van der Waals surface area contributed by atoms with Crippen LogP contribution in [-0.4, -0.2) is 40.9 Å². The topological polar surface area (TPSA) is 98.4 Å². The Hall–Kier alpha value is -2.38. The Balaban J connectivity index is 2.19. The second kappa shape index (κ2) is 8.33. The fourth-order valence-electron chi connectivity index (χ4n) is 2.42. The molecule has 0 aliphatic heterocycles. The van der Waals surface area contributed by atoms with Gasteiger partial charge in [-0.3, -0.25) is 4.79 Å². The van der Waals surface area contributed by atoms with Gasteiger partial charge in [-0.2, -0.15) is 0 Å². The average molecular weight is 399 g/mol. The second-order valence-corrected chi connectivity index (χ2v) is 6.10. The normalized spacial score (nSPS) is 10.5. The molecule has 0 unspecified atom stereocenters. The number of rotatable bonds is 6. The van der Waals surface area contributed by atoms with Crippen LogP contribution in [0.15, 0.2) is 12.1 Å². The minimum Gasteiger partial charge on any atom is -0.462 e. The number of ketones is 1. The zero-order valence-electron chi connectivity index (χ0n) is 14.3. The first kappa shape index (κ1) is 19.9. The molecule has 7 nitrogen and oxygen atoms in total. The molecule has 26 heavy (non-hydrogen) atoms. The summed E-state index contributed by atoms with van der Waals surface area (Å²) in [7, 11) is 0. The number of carbonyl (C=O) groups is 3. The molecule has 2 aromatic heterocycles. The fraction of sp³-hybridized carbons (Fsp3) is 0.294. The minimum atomic E-state index is -0.895. The highest BCUT2D eigenvalue weighted by molar-refractivity contribution is 6.34. The monoisotopic (exact) mass is 398 g/mol. The molecule has 0 bridgehead atoms. The van der Waals surface area contributed by atoms with E-state index >= 15 is 0 Å². The molecule has 0 spiro atoms. The Kier molecular flexibility index (Phi) is 6.39. The maximum atomic E-state index is 12.5. The Labute approximate surface area is 159 Å². The first-order valence-corrected chi connectivity index (χ1v) is 8.40. The third kappa shape index (κ3) is 4.23. The first-order chi connectivity index (χ1) is 12.3. The Morgan fingerprint density at radius 1 is 1.04 bits per heavy atom. The van der Waals surface area contributed by atoms with E-state index in [-0.39, 0.29) is 33.6 Å². The third-order valence-electron chi connectivity index (χ3n) is 3.47. The molecule has 9 heteroatoms. The zero-order valence-corrected chi connectivity index (χ0v) is 15.8. The molecule has 0 saturated carbocycles. The predicted octanol–water partition coefficient (Wildman–Crippen LogP) is 3.55. The number of aryl methyl sites for hydroxylation is 2. The highest BCUT2D eigenvalue weighted by Crippen LogP contribution is 2.21. The molecule has 2 rings (SSSR count). The van der Waals surface area contributed by atoms with Gasteiger partial charge in [0.1, 0.15) is 5.15 Å². The summed E-state index contributed by atoms with van der Waals surface area (Å²) >= 11 is 11.6. The van der Waals surface area contributed by atoms with Crippen molar-refractivity contribution in [3.8, 4) is 0 Å². The van der Waals surface area contributed by atoms with E-state index in [4.69, 9.17) is 32.7 Å². The van der Waals surface area contributed by atoms with Gasteiger partial charge in [-0.15, -0.1) is 0 Å². The van der Waals surface area contributed by atoms with E-state index in [1.165, 1.54) is 12.1 Å². The second-order valence-electron chi connectivity index (χ2n) is 5.31. The first-order valence-electron chi connectivity index (χ1n) is 7.64. The van der Waals surface area contributed by atoms with E-state index in [9.17, 15) is 14.4 Å². The average Bonchev–Trinajstić information content (AvgIpc) is 2.89. The number of hydrogen-bond acceptors (Lipinski definition) is 6. The van der Waals surface area contributed by atoms with E-state index in [2.05, 4.69) is 9.97 Å². The highest BCUT2D eigenvalue weighted by atomic mass is 35.5. The summed E-state index contributed by atoms with van der Waals surface area (Å²) in [6.07, 6.45) is 0. The summed E-state index contributed by atoms with van der Waals surface area (Å²) in [4.78, 5) is 43.4. The van der Waals surface area contributed by atoms with E-state index in [0.717, 1.165) is 0 Å². The number of pyridine rings is 1. The van der Waals surface area contributed by atoms with E-state index < -0.39 is 24.3 Å². The Morgan fingerprint density at radius 3 is 2.35 bits per heavy atom. The highest BCUT2D eigenvalue weighted by Gasteiger charge is 2.26. The maximum absolute atomic E-state index is 12.5. The summed E-state index contributed by atoms with van der Waals surface area (Å²) in [5.74, 6) is -2.07. The van der Waals surface area contributed by atoms with E-state index in [1.807, 2.05) is 0 Å². The van der Waals surface area contributed by atoms with Crippen molar-refractivity contribution in [2.75, 3.05) is 13.2 Å². The number of ether oxygens (including phenoxy) is 2. The number of Topliss-reactive ketones (excluding diaryl/α,β-unsaturated/α-hetero) is 1. The molecule has 2 aromatic rings. The smallest absolute Gasteiger partial charge is 0.359 e. The predicted molar refractivity (Wildman–Crippen MR) is 95.1 cm³/mol. The lowest BCUT2D eigenvalue weighted by molar-refractivity contribution is 0.0466. The summed E-state index contributed by atoms with van der Waals surface area (Å²) < 4.78 is 9.95. The van der Waals surface area contributed by atoms with Gasteiger partial charge in [-0.25, -0.2) is 14.6 Å². The number of aromatic amines is 1. The number of nitrogens with zero attached hydrogens (tertiary/aromatic N) is 1. The largest absolute Gasteiger partial charge is 0.462 e. The van der Waals surface area contributed by atoms with Crippen LogP contribution in [0.4, 0.5) is 0 Å². The van der Waals surface area contributed by atoms with Gasteiger partial charge in [0.2, 0.25) is 5.78 Å². The standard InChI is InChI=1S/C17H16Cl2N2O5/c1-4-25-16(23)14-9(3)20-8(2)13(14)11(22)7-26-17(24)15-10(18)5-6-12(19)21-15/h5-6,20H,4,7H2,1-3H3. The lowest BCUT2D eigenvalue weighted by Crippen LogP contribution is -2.19. The van der Waals surface area contributed by atoms with Crippen molar-refractivity contribution in [1.29, 1.82) is 0 Å². The van der Waals surface area contributed by atoms with Gasteiger partial charge < -0.3 is 14.5 Å². The van der Waals surface area contributed by atoms with Crippen LogP contribution < -0.4 is 0 Å². The Bertz CT molecular complexity index is 876. The van der Waals surface area contributed by atoms with Crippen molar-refractivity contribution in [2.24, 2.45) is 0 Å². The molecule has 0 fully saturated rings. The van der Waals surface area contributed by atoms with Crippen LogP contribution in [0.2, 0.25) is 10.2 Å². The quantitative estimate of drug-likeness (QED) is 0.453. The van der Waals surface area contributed by atoms with Crippen LogP contribution in [0.25, 0.3) is 0 Å². The van der Waals surface area contributed by atoms with Gasteiger partial charge in [0.05, 0.1) is 22.8 Å². The number of esters is 2. The summed E-state index contributed by atoms with van der Waals surface area (Å²) in [6.45, 7) is 4.54. The number of nitrogens with one attached hydrogen (secondary N) is 1. The number of halogens is 2. The molecule has 0 amide bonds. The van der Waals surface area contributed by atoms with Crippen LogP contribution >= 0.6 is 23.2 Å². The van der Waals surface area contributed by atoms with Gasteiger partial charge >= 0.3 is 11.9 Å². The number of carbonyl (C=O) groups excluding carboxylic acids is 3. The zero-order chi connectivity index (χ0) is 19.4. The maximum Gasteiger partial charge on any atom is 0.359 e. The van der Waals surface area contributed by atoms with Gasteiger partial charge in [0.25, 0.3) is 0 Å².